The molecule has 188 valence electrons. The lowest BCUT2D eigenvalue weighted by Crippen LogP contribution is -2.53. The maximum absolute atomic E-state index is 13.0. The average molecular weight is 477 g/mol. The zero-order chi connectivity index (χ0) is 25.0. The van der Waals surface area contributed by atoms with E-state index in [9.17, 15) is 4.79 Å². The van der Waals surface area contributed by atoms with Crippen LogP contribution in [0.25, 0.3) is 11.1 Å². The Morgan fingerprint density at radius 2 is 1.77 bits per heavy atom. The smallest absolute Gasteiger partial charge is 0.407 e. The fourth-order valence-electron chi connectivity index (χ4n) is 6.23. The molecule has 3 fully saturated rings. The van der Waals surface area contributed by atoms with Crippen molar-refractivity contribution in [1.29, 1.82) is 0 Å². The van der Waals surface area contributed by atoms with Gasteiger partial charge in [-0.25, -0.2) is 4.79 Å². The topological polar surface area (TPSA) is 50.8 Å². The van der Waals surface area contributed by atoms with Gasteiger partial charge in [0.2, 0.25) is 0 Å². The molecule has 0 aromatic heterocycles. The molecule has 2 atom stereocenters. The molecule has 5 nitrogen and oxygen atoms in total. The highest BCUT2D eigenvalue weighted by Gasteiger charge is 2.42. The quantitative estimate of drug-likeness (QED) is 0.579. The Morgan fingerprint density at radius 1 is 1.09 bits per heavy atom. The molecule has 0 saturated carbocycles. The van der Waals surface area contributed by atoms with Crippen LogP contribution in [0, 0.1) is 11.3 Å². The van der Waals surface area contributed by atoms with Gasteiger partial charge >= 0.3 is 6.09 Å². The average Bonchev–Trinajstić information content (AvgIpc) is 3.07. The third-order valence-electron chi connectivity index (χ3n) is 8.38. The van der Waals surface area contributed by atoms with Gasteiger partial charge in [-0.2, -0.15) is 0 Å². The molecular weight excluding hydrogens is 436 g/mol. The monoisotopic (exact) mass is 476 g/mol. The molecule has 3 aliphatic heterocycles. The van der Waals surface area contributed by atoms with Crippen molar-refractivity contribution in [1.82, 2.24) is 10.2 Å². The number of nitrogens with zero attached hydrogens (tertiary/aromatic N) is 1. The number of ether oxygens (including phenoxy) is 2. The number of rotatable bonds is 4. The van der Waals surface area contributed by atoms with E-state index in [0.717, 1.165) is 61.3 Å². The van der Waals surface area contributed by atoms with E-state index in [2.05, 4.69) is 81.2 Å². The third-order valence-corrected chi connectivity index (χ3v) is 8.38. The number of benzene rings is 2. The second-order valence-corrected chi connectivity index (χ2v) is 12.4. The molecule has 2 bridgehead atoms. The van der Waals surface area contributed by atoms with Gasteiger partial charge in [-0.3, -0.25) is 4.90 Å². The standard InChI is InChI=1S/C30H40N2O3/c1-29(2,3)22-9-7-19(8-10-22)23-15-21-17-30(4,5)27(24(21)16-25(23)34-6)31-28(33)35-26-18-32-13-11-20(26)12-14-32/h7-10,15-16,20,26-27H,11-14,17-18H2,1-6H3,(H,31,33)/t26-,27?/m1/s1. The van der Waals surface area contributed by atoms with Crippen molar-refractivity contribution in [3.8, 4) is 16.9 Å². The van der Waals surface area contributed by atoms with Crippen LogP contribution in [0.2, 0.25) is 0 Å². The molecule has 1 unspecified atom stereocenters. The largest absolute Gasteiger partial charge is 0.496 e. The molecule has 1 N–H and O–H groups in total. The molecule has 3 heterocycles. The van der Waals surface area contributed by atoms with Crippen molar-refractivity contribution in [3.05, 3.63) is 53.1 Å². The highest BCUT2D eigenvalue weighted by Crippen LogP contribution is 2.48. The summed E-state index contributed by atoms with van der Waals surface area (Å²) in [5, 5.41) is 3.23. The minimum Gasteiger partial charge on any atom is -0.496 e. The van der Waals surface area contributed by atoms with Gasteiger partial charge in [0.1, 0.15) is 11.9 Å². The van der Waals surface area contributed by atoms with Crippen LogP contribution in [-0.4, -0.2) is 43.8 Å². The number of piperidine rings is 3. The molecule has 2 aromatic rings. The fourth-order valence-corrected chi connectivity index (χ4v) is 6.23. The summed E-state index contributed by atoms with van der Waals surface area (Å²) in [6.07, 6.45) is 2.87. The summed E-state index contributed by atoms with van der Waals surface area (Å²) in [5.74, 6) is 1.34. The number of alkyl carbamates (subject to hydrolysis) is 1. The van der Waals surface area contributed by atoms with E-state index in [1.54, 1.807) is 7.11 Å². The minimum atomic E-state index is -0.296. The Hall–Kier alpha value is -2.53. The van der Waals surface area contributed by atoms with Gasteiger partial charge in [0.05, 0.1) is 13.2 Å². The highest BCUT2D eigenvalue weighted by atomic mass is 16.6. The van der Waals surface area contributed by atoms with Crippen LogP contribution < -0.4 is 10.1 Å². The first-order chi connectivity index (χ1) is 16.5. The van der Waals surface area contributed by atoms with Crippen molar-refractivity contribution < 1.29 is 14.3 Å². The number of hydrogen-bond donors (Lipinski definition) is 1. The van der Waals surface area contributed by atoms with Gasteiger partial charge < -0.3 is 14.8 Å². The number of amides is 1. The molecule has 1 aliphatic carbocycles. The second-order valence-electron chi connectivity index (χ2n) is 12.4. The van der Waals surface area contributed by atoms with Crippen molar-refractivity contribution in [2.75, 3.05) is 26.7 Å². The summed E-state index contributed by atoms with van der Waals surface area (Å²) in [5.41, 5.74) is 5.95. The zero-order valence-electron chi connectivity index (χ0n) is 22.1. The zero-order valence-corrected chi connectivity index (χ0v) is 22.1. The number of nitrogens with one attached hydrogen (secondary N) is 1. The van der Waals surface area contributed by atoms with Crippen LogP contribution in [0.1, 0.15) is 70.2 Å². The van der Waals surface area contributed by atoms with Crippen molar-refractivity contribution in [2.45, 2.75) is 71.4 Å². The van der Waals surface area contributed by atoms with Crippen LogP contribution in [0.15, 0.2) is 36.4 Å². The summed E-state index contributed by atoms with van der Waals surface area (Å²) in [6.45, 7) is 14.3. The number of carbonyl (C=O) groups excluding carboxylic acids is 1. The summed E-state index contributed by atoms with van der Waals surface area (Å²) >= 11 is 0. The summed E-state index contributed by atoms with van der Waals surface area (Å²) < 4.78 is 11.8. The molecule has 5 heteroatoms. The molecule has 1 amide bonds. The Labute approximate surface area is 210 Å². The minimum absolute atomic E-state index is 0.00877. The Morgan fingerprint density at radius 3 is 2.34 bits per heavy atom. The Kier molecular flexibility index (Phi) is 6.11. The number of carbonyl (C=O) groups is 1. The van der Waals surface area contributed by atoms with E-state index in [1.165, 1.54) is 11.1 Å². The summed E-state index contributed by atoms with van der Waals surface area (Å²) in [4.78, 5) is 15.4. The van der Waals surface area contributed by atoms with E-state index in [-0.39, 0.29) is 29.1 Å². The Bertz CT molecular complexity index is 1090. The number of methoxy groups -OCH3 is 1. The van der Waals surface area contributed by atoms with E-state index in [0.29, 0.717) is 5.92 Å². The lowest BCUT2D eigenvalue weighted by molar-refractivity contribution is -0.0349. The summed E-state index contributed by atoms with van der Waals surface area (Å²) in [7, 11) is 1.72. The fraction of sp³-hybridized carbons (Fsp3) is 0.567. The van der Waals surface area contributed by atoms with Crippen LogP contribution in [-0.2, 0) is 16.6 Å². The lowest BCUT2D eigenvalue weighted by Gasteiger charge is -2.44. The van der Waals surface area contributed by atoms with E-state index < -0.39 is 0 Å². The first-order valence-corrected chi connectivity index (χ1v) is 13.1. The van der Waals surface area contributed by atoms with Crippen LogP contribution >= 0.6 is 0 Å². The highest BCUT2D eigenvalue weighted by molar-refractivity contribution is 5.74. The Balaban J connectivity index is 1.38. The molecular formula is C30H40N2O3. The van der Waals surface area contributed by atoms with Crippen LogP contribution in [0.5, 0.6) is 5.75 Å². The van der Waals surface area contributed by atoms with Gasteiger partial charge in [0.15, 0.2) is 0 Å². The first-order valence-electron chi connectivity index (χ1n) is 13.1. The van der Waals surface area contributed by atoms with E-state index >= 15 is 0 Å². The predicted molar refractivity (Wildman–Crippen MR) is 140 cm³/mol. The van der Waals surface area contributed by atoms with E-state index in [1.807, 2.05) is 0 Å². The number of fused-ring (bicyclic) bond motifs is 4. The maximum Gasteiger partial charge on any atom is 0.407 e. The van der Waals surface area contributed by atoms with Crippen molar-refractivity contribution >= 4 is 6.09 Å². The van der Waals surface area contributed by atoms with Crippen LogP contribution in [0.4, 0.5) is 4.79 Å². The van der Waals surface area contributed by atoms with Gasteiger partial charge in [-0.1, -0.05) is 58.9 Å². The lowest BCUT2D eigenvalue weighted by atomic mass is 9.85. The third kappa shape index (κ3) is 4.67. The van der Waals surface area contributed by atoms with Gasteiger partial charge in [0, 0.05) is 12.1 Å². The number of hydrogen-bond acceptors (Lipinski definition) is 4. The molecule has 3 saturated heterocycles. The molecule has 4 aliphatic rings. The van der Waals surface area contributed by atoms with Gasteiger partial charge in [-0.05, 0) is 83.5 Å². The normalized spacial score (nSPS) is 26.8. The van der Waals surface area contributed by atoms with Crippen molar-refractivity contribution in [2.24, 2.45) is 11.3 Å². The maximum atomic E-state index is 13.0. The molecule has 0 spiro atoms. The first kappa shape index (κ1) is 24.2. The van der Waals surface area contributed by atoms with Crippen LogP contribution in [0.3, 0.4) is 0 Å². The van der Waals surface area contributed by atoms with Gasteiger partial charge in [-0.15, -0.1) is 0 Å². The second kappa shape index (κ2) is 8.85. The molecule has 0 radical (unpaired) electrons. The van der Waals surface area contributed by atoms with Gasteiger partial charge in [0.25, 0.3) is 0 Å². The van der Waals surface area contributed by atoms with E-state index in [4.69, 9.17) is 9.47 Å². The predicted octanol–water partition coefficient (Wildman–Crippen LogP) is 6.10. The molecule has 35 heavy (non-hydrogen) atoms. The van der Waals surface area contributed by atoms with Crippen molar-refractivity contribution in [3.63, 3.8) is 0 Å². The molecule has 2 aromatic carbocycles. The SMILES string of the molecule is COc1cc2c(cc1-c1ccc(C(C)(C)C)cc1)CC(C)(C)C2NC(=O)O[C@@H]1CN2CCC1CC2. The summed E-state index contributed by atoms with van der Waals surface area (Å²) in [6, 6.07) is 13.1. The molecule has 6 rings (SSSR count).